The number of hydrogen-bond acceptors (Lipinski definition) is 6. The van der Waals surface area contributed by atoms with Gasteiger partial charge in [0.2, 0.25) is 0 Å². The Hall–Kier alpha value is -0.260. The molecule has 2 aliphatic rings. The van der Waals surface area contributed by atoms with Gasteiger partial charge in [-0.1, -0.05) is 73.7 Å². The minimum atomic E-state index is -5.62. The highest BCUT2D eigenvalue weighted by Gasteiger charge is 2.59. The van der Waals surface area contributed by atoms with Crippen LogP contribution in [0.3, 0.4) is 0 Å². The molecule has 0 aromatic heterocycles. The molecule has 0 aliphatic heterocycles. The Morgan fingerprint density at radius 3 is 2.06 bits per heavy atom. The molecule has 0 amide bonds. The predicted molar refractivity (Wildman–Crippen MR) is 140 cm³/mol. The molecule has 0 aromatic rings. The zero-order valence-electron chi connectivity index (χ0n) is 20.8. The third-order valence-electron chi connectivity index (χ3n) is 7.08. The molecular formula is C24H41BrF2O6S2. The molecule has 2 atom stereocenters. The highest BCUT2D eigenvalue weighted by molar-refractivity contribution is 9.09. The number of unbranched alkanes of at least 4 members (excludes halogenated alkanes) is 7. The Bertz CT molecular complexity index is 789. The molecule has 2 saturated carbocycles. The van der Waals surface area contributed by atoms with E-state index in [1.54, 1.807) is 0 Å². The van der Waals surface area contributed by atoms with Gasteiger partial charge in [0.1, 0.15) is 5.78 Å². The van der Waals surface area contributed by atoms with Gasteiger partial charge in [-0.3, -0.25) is 4.79 Å². The van der Waals surface area contributed by atoms with E-state index in [1.807, 2.05) is 0 Å². The molecule has 2 rings (SSSR count). The van der Waals surface area contributed by atoms with E-state index >= 15 is 0 Å². The van der Waals surface area contributed by atoms with Crippen LogP contribution in [0.4, 0.5) is 8.78 Å². The predicted octanol–water partition coefficient (Wildman–Crippen LogP) is 6.79. The molecular weight excluding hydrogens is 566 g/mol. The second kappa shape index (κ2) is 14.6. The lowest BCUT2D eigenvalue weighted by Crippen LogP contribution is -2.44. The summed E-state index contributed by atoms with van der Waals surface area (Å²) in [5, 5.41) is -4.76. The minimum Gasteiger partial charge on any atom is -0.460 e. The van der Waals surface area contributed by atoms with Crippen LogP contribution in [-0.4, -0.2) is 54.1 Å². The van der Waals surface area contributed by atoms with E-state index in [4.69, 9.17) is 3.63 Å². The Labute approximate surface area is 219 Å². The van der Waals surface area contributed by atoms with E-state index in [9.17, 15) is 26.8 Å². The van der Waals surface area contributed by atoms with Crippen molar-refractivity contribution in [2.24, 2.45) is 0 Å². The molecule has 2 unspecified atom stereocenters. The number of carbonyl (C=O) groups excluding carboxylic acids is 2. The molecule has 11 heteroatoms. The fourth-order valence-electron chi connectivity index (χ4n) is 4.98. The van der Waals surface area contributed by atoms with E-state index in [-0.39, 0.29) is 17.6 Å². The topological polar surface area (TPSA) is 86.7 Å². The lowest BCUT2D eigenvalue weighted by molar-refractivity contribution is -0.161. The summed E-state index contributed by atoms with van der Waals surface area (Å²) in [7, 11) is -8.33. The van der Waals surface area contributed by atoms with E-state index in [1.165, 1.54) is 12.7 Å². The maximum atomic E-state index is 14.8. The van der Waals surface area contributed by atoms with Crippen molar-refractivity contribution in [1.29, 1.82) is 0 Å². The lowest BCUT2D eigenvalue weighted by atomic mass is 9.99. The summed E-state index contributed by atoms with van der Waals surface area (Å²) in [5.74, 6) is -2.22. The van der Waals surface area contributed by atoms with Crippen molar-refractivity contribution in [1.82, 2.24) is 0 Å². The van der Waals surface area contributed by atoms with Gasteiger partial charge in [0, 0.05) is 17.0 Å². The second-order valence-electron chi connectivity index (χ2n) is 9.77. The van der Waals surface area contributed by atoms with Crippen molar-refractivity contribution in [2.45, 2.75) is 118 Å². The zero-order chi connectivity index (χ0) is 26.0. The van der Waals surface area contributed by atoms with Crippen LogP contribution in [0.15, 0.2) is 0 Å². The van der Waals surface area contributed by atoms with Gasteiger partial charge in [-0.15, -0.1) is 10.3 Å². The van der Waals surface area contributed by atoms with Gasteiger partial charge >= 0.3 is 21.3 Å². The zero-order valence-corrected chi connectivity index (χ0v) is 24.0. The number of halogens is 3. The molecule has 2 aliphatic carbocycles. The average Bonchev–Trinajstić information content (AvgIpc) is 3.36. The van der Waals surface area contributed by atoms with Gasteiger partial charge in [-0.2, -0.15) is 17.2 Å². The first-order chi connectivity index (χ1) is 16.6. The number of Topliss-reactive ketones (excluding diaryl/α,β-unsaturated/α-hetero) is 1. The molecule has 0 bridgehead atoms. The van der Waals surface area contributed by atoms with Gasteiger partial charge in [-0.25, -0.2) is 8.42 Å². The summed E-state index contributed by atoms with van der Waals surface area (Å²) in [6, 6.07) is 0. The standard InChI is InChI=1S/C24H41BrF2O6S2/c1-34(20-14-8-9-15-20,22-17-11-10-16-21(22)28)33-35(30,31)24(26,27)23(29)32-19-13-7-5-3-2-4-6-12-18-25/h20,22H,2-19H2,1H3. The number of esters is 1. The molecule has 206 valence electrons. The molecule has 0 saturated heterocycles. The quantitative estimate of drug-likeness (QED) is 0.109. The maximum absolute atomic E-state index is 14.8. The summed E-state index contributed by atoms with van der Waals surface area (Å²) in [5.41, 5.74) is 0. The minimum absolute atomic E-state index is 0.120. The van der Waals surface area contributed by atoms with Crippen molar-refractivity contribution in [3.05, 3.63) is 0 Å². The van der Waals surface area contributed by atoms with Crippen LogP contribution in [0, 0.1) is 0 Å². The third-order valence-corrected chi connectivity index (χ3v) is 13.7. The summed E-state index contributed by atoms with van der Waals surface area (Å²) in [6.07, 6.45) is 14.3. The van der Waals surface area contributed by atoms with Crippen LogP contribution < -0.4 is 0 Å². The van der Waals surface area contributed by atoms with Crippen LogP contribution >= 0.6 is 26.2 Å². The molecule has 35 heavy (non-hydrogen) atoms. The van der Waals surface area contributed by atoms with Gasteiger partial charge < -0.3 is 4.74 Å². The van der Waals surface area contributed by atoms with Gasteiger partial charge in [0.05, 0.1) is 11.9 Å². The smallest absolute Gasteiger partial charge is 0.460 e. The van der Waals surface area contributed by atoms with Crippen molar-refractivity contribution in [3.8, 4) is 0 Å². The molecule has 6 nitrogen and oxygen atoms in total. The summed E-state index contributed by atoms with van der Waals surface area (Å²) >= 11 is 3.40. The van der Waals surface area contributed by atoms with Crippen molar-refractivity contribution < 1.29 is 35.2 Å². The van der Waals surface area contributed by atoms with E-state index in [0.29, 0.717) is 44.9 Å². The highest BCUT2D eigenvalue weighted by Crippen LogP contribution is 2.63. The molecule has 0 aromatic carbocycles. The lowest BCUT2D eigenvalue weighted by Gasteiger charge is -2.46. The molecule has 0 heterocycles. The first kappa shape index (κ1) is 31.0. The van der Waals surface area contributed by atoms with Crippen molar-refractivity contribution in [3.63, 3.8) is 0 Å². The van der Waals surface area contributed by atoms with E-state index in [2.05, 4.69) is 20.7 Å². The van der Waals surface area contributed by atoms with Crippen LogP contribution in [-0.2, 0) is 28.1 Å². The highest BCUT2D eigenvalue weighted by atomic mass is 79.9. The second-order valence-corrected chi connectivity index (χ2v) is 15.7. The number of ether oxygens (including phenoxy) is 1. The van der Waals surface area contributed by atoms with Crippen molar-refractivity contribution >= 4 is 48.1 Å². The van der Waals surface area contributed by atoms with Crippen LogP contribution in [0.25, 0.3) is 0 Å². The molecule has 0 N–H and O–H groups in total. The van der Waals surface area contributed by atoms with Crippen LogP contribution in [0.2, 0.25) is 0 Å². The summed E-state index contributed by atoms with van der Waals surface area (Å²) < 4.78 is 65.0. The summed E-state index contributed by atoms with van der Waals surface area (Å²) in [4.78, 5) is 24.7. The third kappa shape index (κ3) is 8.64. The van der Waals surface area contributed by atoms with Gasteiger partial charge in [-0.05, 0) is 44.8 Å². The maximum Gasteiger partial charge on any atom is 0.466 e. The molecule has 0 radical (unpaired) electrons. The average molecular weight is 608 g/mol. The largest absolute Gasteiger partial charge is 0.466 e. The number of rotatable bonds is 16. The van der Waals surface area contributed by atoms with Crippen LogP contribution in [0.5, 0.6) is 0 Å². The number of carbonyl (C=O) groups is 2. The fourth-order valence-corrected chi connectivity index (χ4v) is 11.4. The number of ketones is 1. The summed E-state index contributed by atoms with van der Waals surface area (Å²) in [6.45, 7) is -0.263. The van der Waals surface area contributed by atoms with Gasteiger partial charge in [0.25, 0.3) is 0 Å². The SMILES string of the molecule is CS(OS(=O)(=O)C(F)(F)C(=O)OCCCCCCCCCCBr)(C1CCCC1)C1CCCCC1=O. The van der Waals surface area contributed by atoms with E-state index in [0.717, 1.165) is 56.7 Å². The fraction of sp³-hybridized carbons (Fsp3) is 0.917. The molecule has 0 spiro atoms. The Morgan fingerprint density at radius 2 is 1.49 bits per heavy atom. The molecule has 2 fully saturated rings. The monoisotopic (exact) mass is 606 g/mol. The number of alkyl halides is 3. The Balaban J connectivity index is 1.92. The first-order valence-electron chi connectivity index (χ1n) is 12.9. The Kier molecular flexibility index (Phi) is 12.9. The van der Waals surface area contributed by atoms with E-state index < -0.39 is 36.9 Å². The Morgan fingerprint density at radius 1 is 0.943 bits per heavy atom. The van der Waals surface area contributed by atoms with Crippen LogP contribution in [0.1, 0.15) is 103 Å². The number of hydrogen-bond donors (Lipinski definition) is 0. The first-order valence-corrected chi connectivity index (χ1v) is 17.5. The normalized spacial score (nSPS) is 22.6. The van der Waals surface area contributed by atoms with Gasteiger partial charge in [0.15, 0.2) is 0 Å². The van der Waals surface area contributed by atoms with Crippen molar-refractivity contribution in [2.75, 3.05) is 18.2 Å².